The molecule has 21 heavy (non-hydrogen) atoms. The Labute approximate surface area is 125 Å². The monoisotopic (exact) mass is 289 g/mol. The summed E-state index contributed by atoms with van der Waals surface area (Å²) in [7, 11) is 0. The molecule has 0 saturated carbocycles. The summed E-state index contributed by atoms with van der Waals surface area (Å²) in [5, 5.41) is 3.23. The number of carbonyl (C=O) groups excluding carboxylic acids is 1. The zero-order chi connectivity index (χ0) is 14.2. The van der Waals surface area contributed by atoms with Crippen molar-refractivity contribution in [2.75, 3.05) is 0 Å². The average Bonchev–Trinajstić information content (AvgIpc) is 2.92. The molecule has 0 bridgehead atoms. The number of rotatable bonds is 2. The number of nitrogens with zero attached hydrogens (tertiary/aromatic N) is 1. The predicted molar refractivity (Wildman–Crippen MR) is 87.9 cm³/mol. The molecule has 0 saturated heterocycles. The number of benzene rings is 2. The molecule has 4 aromatic rings. The fraction of sp³-hybridized carbons (Fsp3) is 0. The summed E-state index contributed by atoms with van der Waals surface area (Å²) >= 11 is 1.65. The molecule has 0 spiro atoms. The van der Waals surface area contributed by atoms with Crippen molar-refractivity contribution in [3.63, 3.8) is 0 Å². The summed E-state index contributed by atoms with van der Waals surface area (Å²) in [5.41, 5.74) is 1.78. The largest absolute Gasteiger partial charge is 0.298 e. The van der Waals surface area contributed by atoms with Crippen molar-refractivity contribution < 1.29 is 4.79 Å². The summed E-state index contributed by atoms with van der Waals surface area (Å²) < 4.78 is 1.13. The Morgan fingerprint density at radius 3 is 2.52 bits per heavy atom. The normalized spacial score (nSPS) is 11.0. The molecule has 3 heteroatoms. The number of aromatic nitrogens is 1. The maximum Gasteiger partial charge on any atom is 0.152 e. The van der Waals surface area contributed by atoms with Crippen molar-refractivity contribution >= 4 is 38.5 Å². The molecular formula is C18H11NOS. The maximum atomic E-state index is 11.6. The Balaban J connectivity index is 2.11. The number of hydrogen-bond donors (Lipinski definition) is 0. The van der Waals surface area contributed by atoms with Gasteiger partial charge in [-0.3, -0.25) is 9.78 Å². The van der Waals surface area contributed by atoms with E-state index in [0.717, 1.165) is 43.1 Å². The van der Waals surface area contributed by atoms with Crippen LogP contribution in [0, 0.1) is 0 Å². The molecule has 0 radical (unpaired) electrons. The molecule has 100 valence electrons. The van der Waals surface area contributed by atoms with Gasteiger partial charge in [0.2, 0.25) is 0 Å². The highest BCUT2D eigenvalue weighted by Crippen LogP contribution is 2.39. The molecule has 2 nitrogen and oxygen atoms in total. The minimum atomic E-state index is 0.758. The van der Waals surface area contributed by atoms with Gasteiger partial charge in [0, 0.05) is 43.9 Å². The van der Waals surface area contributed by atoms with Crippen LogP contribution in [0.3, 0.4) is 0 Å². The topological polar surface area (TPSA) is 30.0 Å². The van der Waals surface area contributed by atoms with E-state index in [1.807, 2.05) is 48.8 Å². The van der Waals surface area contributed by atoms with Crippen LogP contribution in [0.4, 0.5) is 0 Å². The number of pyridine rings is 1. The molecule has 2 heterocycles. The lowest BCUT2D eigenvalue weighted by Gasteiger charge is -2.04. The van der Waals surface area contributed by atoms with Crippen molar-refractivity contribution in [3.05, 3.63) is 66.5 Å². The van der Waals surface area contributed by atoms with Gasteiger partial charge in [0.15, 0.2) is 6.29 Å². The first kappa shape index (κ1) is 12.2. The molecule has 0 fully saturated rings. The second-order valence-electron chi connectivity index (χ2n) is 4.87. The summed E-state index contributed by atoms with van der Waals surface area (Å²) in [6.07, 6.45) is 4.66. The smallest absolute Gasteiger partial charge is 0.152 e. The number of thiophene rings is 1. The van der Waals surface area contributed by atoms with E-state index in [0.29, 0.717) is 0 Å². The van der Waals surface area contributed by atoms with E-state index >= 15 is 0 Å². The van der Waals surface area contributed by atoms with Crippen LogP contribution in [0.5, 0.6) is 0 Å². The first-order chi connectivity index (χ1) is 10.4. The second-order valence-corrected chi connectivity index (χ2v) is 5.92. The quantitative estimate of drug-likeness (QED) is 0.490. The molecule has 2 aromatic heterocycles. The Hall–Kier alpha value is -2.52. The minimum Gasteiger partial charge on any atom is -0.298 e. The van der Waals surface area contributed by atoms with Crippen LogP contribution < -0.4 is 0 Å². The van der Waals surface area contributed by atoms with Crippen molar-refractivity contribution in [1.29, 1.82) is 0 Å². The third-order valence-electron chi connectivity index (χ3n) is 3.66. The first-order valence-electron chi connectivity index (χ1n) is 6.68. The Morgan fingerprint density at radius 1 is 0.905 bits per heavy atom. The lowest BCUT2D eigenvalue weighted by molar-refractivity contribution is 0.112. The van der Waals surface area contributed by atoms with Gasteiger partial charge in [0.25, 0.3) is 0 Å². The van der Waals surface area contributed by atoms with Crippen LogP contribution in [0.25, 0.3) is 31.3 Å². The summed E-state index contributed by atoms with van der Waals surface area (Å²) in [4.78, 5) is 16.9. The second kappa shape index (κ2) is 4.79. The number of aldehydes is 1. The third-order valence-corrected chi connectivity index (χ3v) is 4.88. The van der Waals surface area contributed by atoms with Gasteiger partial charge in [-0.1, -0.05) is 42.5 Å². The summed E-state index contributed by atoms with van der Waals surface area (Å²) in [6.45, 7) is 0. The van der Waals surface area contributed by atoms with Gasteiger partial charge in [-0.2, -0.15) is 0 Å². The van der Waals surface area contributed by atoms with Gasteiger partial charge in [0.1, 0.15) is 0 Å². The van der Waals surface area contributed by atoms with E-state index in [1.54, 1.807) is 11.3 Å². The molecule has 0 atom stereocenters. The molecule has 0 aliphatic rings. The average molecular weight is 289 g/mol. The molecule has 0 amide bonds. The number of hydrogen-bond acceptors (Lipinski definition) is 3. The Kier molecular flexibility index (Phi) is 2.79. The molecule has 0 N–H and O–H groups in total. The van der Waals surface area contributed by atoms with Gasteiger partial charge in [0.05, 0.1) is 0 Å². The molecule has 0 aliphatic heterocycles. The Bertz CT molecular complexity index is 966. The maximum absolute atomic E-state index is 11.6. The molecule has 0 unspecified atom stereocenters. The van der Waals surface area contributed by atoms with Crippen molar-refractivity contribution in [1.82, 2.24) is 4.98 Å². The van der Waals surface area contributed by atoms with Crippen LogP contribution in [0.2, 0.25) is 0 Å². The highest BCUT2D eigenvalue weighted by Gasteiger charge is 2.15. The minimum absolute atomic E-state index is 0.758. The highest BCUT2D eigenvalue weighted by atomic mass is 32.1. The van der Waals surface area contributed by atoms with E-state index in [9.17, 15) is 4.79 Å². The van der Waals surface area contributed by atoms with E-state index in [2.05, 4.69) is 17.1 Å². The van der Waals surface area contributed by atoms with Crippen LogP contribution in [0.15, 0.2) is 60.9 Å². The Morgan fingerprint density at radius 2 is 1.67 bits per heavy atom. The van der Waals surface area contributed by atoms with Gasteiger partial charge < -0.3 is 0 Å². The van der Waals surface area contributed by atoms with E-state index in [-0.39, 0.29) is 0 Å². The van der Waals surface area contributed by atoms with Gasteiger partial charge in [-0.25, -0.2) is 0 Å². The summed E-state index contributed by atoms with van der Waals surface area (Å²) in [6, 6.07) is 16.1. The fourth-order valence-electron chi connectivity index (χ4n) is 2.68. The summed E-state index contributed by atoms with van der Waals surface area (Å²) in [5.74, 6) is 0. The fourth-order valence-corrected chi connectivity index (χ4v) is 3.88. The van der Waals surface area contributed by atoms with Crippen LogP contribution >= 0.6 is 11.3 Å². The molecule has 0 aliphatic carbocycles. The van der Waals surface area contributed by atoms with E-state index in [1.165, 1.54) is 0 Å². The third kappa shape index (κ3) is 1.86. The highest BCUT2D eigenvalue weighted by molar-refractivity contribution is 7.22. The van der Waals surface area contributed by atoms with Crippen LogP contribution in [-0.2, 0) is 0 Å². The van der Waals surface area contributed by atoms with Gasteiger partial charge >= 0.3 is 0 Å². The first-order valence-corrected chi connectivity index (χ1v) is 7.50. The predicted octanol–water partition coefficient (Wildman–Crippen LogP) is 4.93. The zero-order valence-electron chi connectivity index (χ0n) is 11.1. The number of carbonyl (C=O) groups is 1. The van der Waals surface area contributed by atoms with Gasteiger partial charge in [-0.15, -0.1) is 11.3 Å². The van der Waals surface area contributed by atoms with Crippen LogP contribution in [-0.4, -0.2) is 11.3 Å². The van der Waals surface area contributed by atoms with Crippen molar-refractivity contribution in [2.24, 2.45) is 0 Å². The standard InChI is InChI=1S/C18H11NOS/c20-11-16-14-7-3-4-8-17(14)21-18(16)15-10-19-9-12-5-1-2-6-13(12)15/h1-11H. The number of fused-ring (bicyclic) bond motifs is 2. The van der Waals surface area contributed by atoms with E-state index < -0.39 is 0 Å². The molecular weight excluding hydrogens is 278 g/mol. The zero-order valence-corrected chi connectivity index (χ0v) is 11.9. The lowest BCUT2D eigenvalue weighted by atomic mass is 10.0. The molecule has 2 aromatic carbocycles. The lowest BCUT2D eigenvalue weighted by Crippen LogP contribution is -1.85. The van der Waals surface area contributed by atoms with Crippen LogP contribution in [0.1, 0.15) is 10.4 Å². The van der Waals surface area contributed by atoms with Crippen molar-refractivity contribution in [2.45, 2.75) is 0 Å². The molecule has 4 rings (SSSR count). The van der Waals surface area contributed by atoms with Gasteiger partial charge in [-0.05, 0) is 11.5 Å². The van der Waals surface area contributed by atoms with Crippen molar-refractivity contribution in [3.8, 4) is 10.4 Å². The SMILES string of the molecule is O=Cc1c(-c2cncc3ccccc23)sc2ccccc12. The van der Waals surface area contributed by atoms with E-state index in [4.69, 9.17) is 0 Å².